The maximum atomic E-state index is 12.7. The van der Waals surface area contributed by atoms with Crippen molar-refractivity contribution >= 4 is 34.4 Å². The first-order valence-electron chi connectivity index (χ1n) is 9.89. The van der Waals surface area contributed by atoms with E-state index in [1.54, 1.807) is 31.2 Å². The Bertz CT molecular complexity index is 1220. The minimum atomic E-state index is -0.297. The van der Waals surface area contributed by atoms with E-state index in [1.807, 2.05) is 54.6 Å². The molecule has 0 atom stereocenters. The van der Waals surface area contributed by atoms with Crippen LogP contribution in [0, 0.1) is 24.3 Å². The molecule has 1 aliphatic rings. The van der Waals surface area contributed by atoms with Crippen LogP contribution in [-0.4, -0.2) is 28.2 Å². The summed E-state index contributed by atoms with van der Waals surface area (Å²) in [5.41, 5.74) is 4.14. The van der Waals surface area contributed by atoms with Gasteiger partial charge in [0.15, 0.2) is 5.75 Å². The second-order valence-corrected chi connectivity index (χ2v) is 8.76. The number of amides is 2. The van der Waals surface area contributed by atoms with Crippen molar-refractivity contribution < 1.29 is 14.3 Å². The fourth-order valence-electron chi connectivity index (χ4n) is 3.89. The van der Waals surface area contributed by atoms with Gasteiger partial charge < -0.3 is 9.72 Å². The quantitative estimate of drug-likeness (QED) is 0.390. The molecule has 0 spiro atoms. The van der Waals surface area contributed by atoms with Gasteiger partial charge in [-0.2, -0.15) is 0 Å². The molecule has 0 saturated carbocycles. The van der Waals surface area contributed by atoms with E-state index in [1.165, 1.54) is 4.90 Å². The van der Waals surface area contributed by atoms with E-state index in [0.29, 0.717) is 38.3 Å². The number of rotatable bonds is 5. The van der Waals surface area contributed by atoms with Crippen molar-refractivity contribution in [1.82, 2.24) is 9.88 Å². The van der Waals surface area contributed by atoms with Gasteiger partial charge in [-0.25, -0.2) is 0 Å². The molecular weight excluding hydrogens is 507 g/mol. The van der Waals surface area contributed by atoms with Gasteiger partial charge in [-0.1, -0.05) is 18.2 Å². The molecule has 0 saturated heterocycles. The molecule has 0 radical (unpaired) electrons. The maximum Gasteiger partial charge on any atom is 0.265 e. The second-order valence-electron chi connectivity index (χ2n) is 7.68. The highest BCUT2D eigenvalue weighted by atomic mass is 127. The summed E-state index contributed by atoms with van der Waals surface area (Å²) >= 11 is 1.97. The molecule has 0 aliphatic carbocycles. The number of nitrogens with zero attached hydrogens (tertiary/aromatic N) is 1. The van der Waals surface area contributed by atoms with E-state index < -0.39 is 0 Å². The van der Waals surface area contributed by atoms with Gasteiger partial charge in [0.25, 0.3) is 17.4 Å². The number of carbonyl (C=O) groups is 2. The largest absolute Gasteiger partial charge is 0.456 e. The van der Waals surface area contributed by atoms with Gasteiger partial charge in [0.05, 0.1) is 11.1 Å². The molecule has 1 aliphatic heterocycles. The molecule has 2 amide bonds. The number of imide groups is 1. The van der Waals surface area contributed by atoms with E-state index in [2.05, 4.69) is 4.98 Å². The molecule has 7 heteroatoms. The minimum absolute atomic E-state index is 0.193. The first-order chi connectivity index (χ1) is 14.8. The lowest BCUT2D eigenvalue weighted by Gasteiger charge is -2.18. The lowest BCUT2D eigenvalue weighted by molar-refractivity contribution is 0.0655. The molecule has 0 unspecified atom stereocenters. The van der Waals surface area contributed by atoms with Gasteiger partial charge in [0.1, 0.15) is 9.32 Å². The summed E-state index contributed by atoms with van der Waals surface area (Å²) in [4.78, 5) is 41.9. The van der Waals surface area contributed by atoms with Crippen molar-refractivity contribution in [2.45, 2.75) is 27.2 Å². The number of ether oxygens (including phenoxy) is 1. The van der Waals surface area contributed by atoms with Gasteiger partial charge >= 0.3 is 0 Å². The number of aromatic amines is 1. The molecule has 2 heterocycles. The number of aryl methyl sites for hydroxylation is 3. The summed E-state index contributed by atoms with van der Waals surface area (Å²) in [6.45, 7) is 5.95. The number of carbonyl (C=O) groups excluding carboxylic acids is 2. The molecule has 6 nitrogen and oxygen atoms in total. The first-order valence-corrected chi connectivity index (χ1v) is 11.0. The van der Waals surface area contributed by atoms with E-state index in [-0.39, 0.29) is 23.9 Å². The van der Waals surface area contributed by atoms with Crippen LogP contribution in [0.4, 0.5) is 0 Å². The summed E-state index contributed by atoms with van der Waals surface area (Å²) in [6.07, 6.45) is 0.365. The van der Waals surface area contributed by atoms with Crippen LogP contribution in [-0.2, 0) is 6.42 Å². The molecule has 1 aromatic heterocycles. The van der Waals surface area contributed by atoms with Gasteiger partial charge in [0.2, 0.25) is 0 Å². The van der Waals surface area contributed by atoms with Crippen LogP contribution in [0.1, 0.15) is 43.1 Å². The highest BCUT2D eigenvalue weighted by Crippen LogP contribution is 2.32. The Kier molecular flexibility index (Phi) is 5.70. The SMILES string of the molecule is Cc1cc(C)cc(Oc2c(CCN3C(=O)c4ccccc4C3=O)c(C)[nH]c(=O)c2I)c1. The van der Waals surface area contributed by atoms with Gasteiger partial charge in [-0.3, -0.25) is 19.3 Å². The number of fused-ring (bicyclic) bond motifs is 1. The third-order valence-electron chi connectivity index (χ3n) is 5.31. The Labute approximate surface area is 193 Å². The van der Waals surface area contributed by atoms with Crippen molar-refractivity contribution in [2.24, 2.45) is 0 Å². The molecule has 1 N–H and O–H groups in total. The number of aromatic nitrogens is 1. The van der Waals surface area contributed by atoms with Crippen LogP contribution in [0.5, 0.6) is 11.5 Å². The Morgan fingerprint density at radius 2 is 1.52 bits per heavy atom. The lowest BCUT2D eigenvalue weighted by Crippen LogP contribution is -2.32. The van der Waals surface area contributed by atoms with E-state index in [0.717, 1.165) is 16.7 Å². The Hall–Kier alpha value is -2.94. The molecule has 4 rings (SSSR count). The number of hydrogen-bond acceptors (Lipinski definition) is 4. The van der Waals surface area contributed by atoms with Crippen LogP contribution in [0.15, 0.2) is 47.3 Å². The van der Waals surface area contributed by atoms with E-state index >= 15 is 0 Å². The predicted molar refractivity (Wildman–Crippen MR) is 126 cm³/mol. The summed E-state index contributed by atoms with van der Waals surface area (Å²) in [5.74, 6) is 0.508. The zero-order valence-electron chi connectivity index (χ0n) is 17.4. The molecule has 158 valence electrons. The van der Waals surface area contributed by atoms with Crippen LogP contribution >= 0.6 is 22.6 Å². The standard InChI is InChI=1S/C24H21IN2O4/c1-13-10-14(2)12-16(11-13)31-21-17(15(3)26-22(28)20(21)25)8-9-27-23(29)18-6-4-5-7-19(18)24(27)30/h4-7,10-12H,8-9H2,1-3H3,(H,26,28). The van der Waals surface area contributed by atoms with Gasteiger partial charge in [-0.15, -0.1) is 0 Å². The predicted octanol–water partition coefficient (Wildman–Crippen LogP) is 4.54. The van der Waals surface area contributed by atoms with Gasteiger partial charge in [-0.05, 0) is 85.2 Å². The zero-order valence-corrected chi connectivity index (χ0v) is 19.6. The number of pyridine rings is 1. The van der Waals surface area contributed by atoms with Crippen molar-refractivity contribution in [1.29, 1.82) is 0 Å². The topological polar surface area (TPSA) is 79.5 Å². The number of halogens is 1. The Morgan fingerprint density at radius 1 is 0.935 bits per heavy atom. The van der Waals surface area contributed by atoms with Gasteiger partial charge in [0, 0.05) is 17.8 Å². The normalized spacial score (nSPS) is 13.0. The minimum Gasteiger partial charge on any atom is -0.456 e. The third-order valence-corrected chi connectivity index (χ3v) is 6.28. The first kappa shape index (κ1) is 21.3. The van der Waals surface area contributed by atoms with E-state index in [9.17, 15) is 14.4 Å². The van der Waals surface area contributed by atoms with Crippen LogP contribution < -0.4 is 10.3 Å². The number of H-pyrrole nitrogens is 1. The molecule has 0 fully saturated rings. The van der Waals surface area contributed by atoms with Crippen molar-refractivity contribution in [3.63, 3.8) is 0 Å². The number of hydrogen-bond donors (Lipinski definition) is 1. The summed E-state index contributed by atoms with van der Waals surface area (Å²) in [5, 5.41) is 0. The average Bonchev–Trinajstić information content (AvgIpc) is 2.95. The summed E-state index contributed by atoms with van der Waals surface area (Å²) in [7, 11) is 0. The highest BCUT2D eigenvalue weighted by molar-refractivity contribution is 14.1. The van der Waals surface area contributed by atoms with Crippen molar-refractivity contribution in [3.8, 4) is 11.5 Å². The fraction of sp³-hybridized carbons (Fsp3) is 0.208. The molecule has 3 aromatic rings. The lowest BCUT2D eigenvalue weighted by atomic mass is 10.1. The summed E-state index contributed by atoms with van der Waals surface area (Å²) < 4.78 is 6.61. The summed E-state index contributed by atoms with van der Waals surface area (Å²) in [6, 6.07) is 12.7. The highest BCUT2D eigenvalue weighted by Gasteiger charge is 2.35. The molecule has 2 aromatic carbocycles. The van der Waals surface area contributed by atoms with Crippen molar-refractivity contribution in [2.75, 3.05) is 6.54 Å². The smallest absolute Gasteiger partial charge is 0.265 e. The second kappa shape index (κ2) is 8.30. The third kappa shape index (κ3) is 4.01. The zero-order chi connectivity index (χ0) is 22.3. The van der Waals surface area contributed by atoms with Crippen LogP contribution in [0.2, 0.25) is 0 Å². The van der Waals surface area contributed by atoms with E-state index in [4.69, 9.17) is 4.74 Å². The average molecular weight is 528 g/mol. The monoisotopic (exact) mass is 528 g/mol. The maximum absolute atomic E-state index is 12.7. The Morgan fingerprint density at radius 3 is 2.10 bits per heavy atom. The fourth-order valence-corrected chi connectivity index (χ4v) is 4.46. The van der Waals surface area contributed by atoms with Crippen LogP contribution in [0.25, 0.3) is 0 Å². The molecular formula is C24H21IN2O4. The number of nitrogens with one attached hydrogen (secondary N) is 1. The molecule has 31 heavy (non-hydrogen) atoms. The van der Waals surface area contributed by atoms with Crippen molar-refractivity contribution in [3.05, 3.63) is 89.9 Å². The molecule has 0 bridgehead atoms. The van der Waals surface area contributed by atoms with Crippen LogP contribution in [0.3, 0.4) is 0 Å². The Balaban J connectivity index is 1.66. The number of benzene rings is 2.